The van der Waals surface area contributed by atoms with E-state index in [1.54, 1.807) is 0 Å². The van der Waals surface area contributed by atoms with Crippen molar-refractivity contribution in [1.29, 1.82) is 0 Å². The first-order chi connectivity index (χ1) is 23.5. The smallest absolute Gasteiger partial charge is 0.149 e. The summed E-state index contributed by atoms with van der Waals surface area (Å²) >= 11 is 0. The molecule has 1 unspecified atom stereocenters. The van der Waals surface area contributed by atoms with Crippen LogP contribution in [0, 0.1) is 0 Å². The van der Waals surface area contributed by atoms with Gasteiger partial charge >= 0.3 is 0 Å². The molecule has 5 aromatic carbocycles. The normalized spacial score (nSPS) is 17.6. The van der Waals surface area contributed by atoms with Crippen molar-refractivity contribution in [2.75, 3.05) is 0 Å². The van der Waals surface area contributed by atoms with Gasteiger partial charge in [-0.1, -0.05) is 117 Å². The molecule has 4 nitrogen and oxygen atoms in total. The zero-order valence-electron chi connectivity index (χ0n) is 27.2. The number of rotatable bonds is 4. The first kappa shape index (κ1) is 28.4. The van der Waals surface area contributed by atoms with Gasteiger partial charge in [-0.05, 0) is 77.2 Å². The highest BCUT2D eigenvalue weighted by molar-refractivity contribution is 6.15. The summed E-state index contributed by atoms with van der Waals surface area (Å²) in [6.45, 7) is 6.70. The van der Waals surface area contributed by atoms with Crippen molar-refractivity contribution in [3.63, 3.8) is 0 Å². The number of para-hydroxylation sites is 2. The van der Waals surface area contributed by atoms with Crippen LogP contribution in [-0.2, 0) is 5.41 Å². The molecule has 232 valence electrons. The van der Waals surface area contributed by atoms with Gasteiger partial charge < -0.3 is 14.3 Å². The maximum atomic E-state index is 6.32. The molecule has 1 atom stereocenters. The molecule has 1 aliphatic carbocycles. The van der Waals surface area contributed by atoms with Crippen LogP contribution < -0.4 is 16.0 Å². The van der Waals surface area contributed by atoms with E-state index in [1.807, 2.05) is 37.3 Å². The number of allylic oxidation sites excluding steroid dienone is 2. The molecule has 0 bridgehead atoms. The third kappa shape index (κ3) is 4.33. The Morgan fingerprint density at radius 3 is 2.35 bits per heavy atom. The number of furan rings is 1. The van der Waals surface area contributed by atoms with E-state index in [1.165, 1.54) is 38.5 Å². The van der Waals surface area contributed by atoms with E-state index in [9.17, 15) is 0 Å². The first-order valence-corrected chi connectivity index (χ1v) is 16.6. The van der Waals surface area contributed by atoms with E-state index in [4.69, 9.17) is 9.41 Å². The van der Waals surface area contributed by atoms with Crippen molar-refractivity contribution in [3.8, 4) is 11.1 Å². The number of hydrogen-bond acceptors (Lipinski definition) is 3. The van der Waals surface area contributed by atoms with Gasteiger partial charge in [0.2, 0.25) is 0 Å². The van der Waals surface area contributed by atoms with Gasteiger partial charge in [0, 0.05) is 32.5 Å². The second kappa shape index (κ2) is 10.9. The number of aliphatic imine (C=N–C) groups is 1. The number of amidine groups is 1. The van der Waals surface area contributed by atoms with E-state index in [2.05, 4.69) is 139 Å². The molecular weight excluding hydrogens is 587 g/mol. The average Bonchev–Trinajstić information content (AvgIpc) is 3.72. The largest absolute Gasteiger partial charge is 0.456 e. The van der Waals surface area contributed by atoms with Crippen LogP contribution >= 0.6 is 0 Å². The second-order valence-electron chi connectivity index (χ2n) is 13.2. The molecule has 1 aliphatic heterocycles. The quantitative estimate of drug-likeness (QED) is 0.213. The first-order valence-electron chi connectivity index (χ1n) is 16.6. The Labute approximate surface area is 279 Å². The molecule has 0 saturated heterocycles. The average molecular weight is 622 g/mol. The van der Waals surface area contributed by atoms with Gasteiger partial charge in [0.1, 0.15) is 23.0 Å². The van der Waals surface area contributed by atoms with E-state index in [-0.39, 0.29) is 11.6 Å². The SMILES string of the molecule is C/C=C\C=c1\oc2ccccc2c1=CC1=NC(n2c3ccccc3c3cc4c(cc32)C(C)(C)c2ccccc2-4)C=C(c2ccccc2)N1. The van der Waals surface area contributed by atoms with Crippen molar-refractivity contribution in [2.24, 2.45) is 4.99 Å². The van der Waals surface area contributed by atoms with Crippen LogP contribution in [0.4, 0.5) is 0 Å². The third-order valence-corrected chi connectivity index (χ3v) is 10.00. The molecule has 0 spiro atoms. The maximum absolute atomic E-state index is 6.32. The Balaban J connectivity index is 1.32. The summed E-state index contributed by atoms with van der Waals surface area (Å²) in [5.74, 6) is 0.780. The molecule has 0 fully saturated rings. The highest BCUT2D eigenvalue weighted by Crippen LogP contribution is 2.51. The lowest BCUT2D eigenvalue weighted by Crippen LogP contribution is -2.30. The van der Waals surface area contributed by atoms with E-state index in [0.29, 0.717) is 0 Å². The molecule has 48 heavy (non-hydrogen) atoms. The lowest BCUT2D eigenvalue weighted by atomic mass is 9.82. The highest BCUT2D eigenvalue weighted by Gasteiger charge is 2.36. The van der Waals surface area contributed by atoms with Crippen molar-refractivity contribution in [3.05, 3.63) is 161 Å². The summed E-state index contributed by atoms with van der Waals surface area (Å²) in [5.41, 5.74) is 11.4. The Morgan fingerprint density at radius 2 is 1.50 bits per heavy atom. The molecule has 2 aromatic heterocycles. The number of fused-ring (bicyclic) bond motifs is 7. The van der Waals surface area contributed by atoms with Crippen molar-refractivity contribution in [1.82, 2.24) is 9.88 Å². The Morgan fingerprint density at radius 1 is 0.750 bits per heavy atom. The summed E-state index contributed by atoms with van der Waals surface area (Å²) in [6.07, 6.45) is 10.1. The zero-order valence-corrected chi connectivity index (χ0v) is 27.2. The molecule has 1 N–H and O–H groups in total. The van der Waals surface area contributed by atoms with Crippen LogP contribution in [0.5, 0.6) is 0 Å². The summed E-state index contributed by atoms with van der Waals surface area (Å²) in [6, 6.07) is 41.1. The minimum atomic E-state index is -0.291. The van der Waals surface area contributed by atoms with Crippen molar-refractivity contribution >= 4 is 56.5 Å². The summed E-state index contributed by atoms with van der Waals surface area (Å²) in [5, 5.41) is 8.21. The fourth-order valence-electron chi connectivity index (χ4n) is 7.69. The van der Waals surface area contributed by atoms with Crippen LogP contribution in [0.3, 0.4) is 0 Å². The highest BCUT2D eigenvalue weighted by atomic mass is 16.3. The molecule has 3 heterocycles. The maximum Gasteiger partial charge on any atom is 0.149 e. The summed E-state index contributed by atoms with van der Waals surface area (Å²) in [4.78, 5) is 5.44. The summed E-state index contributed by atoms with van der Waals surface area (Å²) in [7, 11) is 0. The number of nitrogens with one attached hydrogen (secondary N) is 1. The topological polar surface area (TPSA) is 42.5 Å². The van der Waals surface area contributed by atoms with Crippen LogP contribution in [-0.4, -0.2) is 10.4 Å². The Kier molecular flexibility index (Phi) is 6.41. The molecule has 0 saturated carbocycles. The minimum absolute atomic E-state index is 0.106. The van der Waals surface area contributed by atoms with Gasteiger partial charge in [0.05, 0.1) is 11.0 Å². The van der Waals surface area contributed by atoms with Gasteiger partial charge in [0.25, 0.3) is 0 Å². The minimum Gasteiger partial charge on any atom is -0.456 e. The number of benzene rings is 5. The van der Waals surface area contributed by atoms with Gasteiger partial charge in [-0.25, -0.2) is 4.99 Å². The monoisotopic (exact) mass is 621 g/mol. The third-order valence-electron chi connectivity index (χ3n) is 10.00. The van der Waals surface area contributed by atoms with Crippen molar-refractivity contribution in [2.45, 2.75) is 32.4 Å². The van der Waals surface area contributed by atoms with E-state index in [0.717, 1.165) is 44.2 Å². The number of aromatic nitrogens is 1. The van der Waals surface area contributed by atoms with Crippen LogP contribution in [0.1, 0.15) is 43.6 Å². The Hall–Kier alpha value is -5.87. The number of nitrogens with zero attached hydrogens (tertiary/aromatic N) is 2. The second-order valence-corrected chi connectivity index (χ2v) is 13.2. The lowest BCUT2D eigenvalue weighted by Gasteiger charge is -2.25. The fraction of sp³-hybridized carbons (Fsp3) is 0.114. The van der Waals surface area contributed by atoms with Gasteiger partial charge in [-0.2, -0.15) is 0 Å². The molecule has 7 aromatic rings. The lowest BCUT2D eigenvalue weighted by molar-refractivity contribution is 0.576. The van der Waals surface area contributed by atoms with Gasteiger partial charge in [0.15, 0.2) is 0 Å². The zero-order chi connectivity index (χ0) is 32.4. The molecule has 9 rings (SSSR count). The molecule has 4 heteroatoms. The van der Waals surface area contributed by atoms with E-state index >= 15 is 0 Å². The predicted molar refractivity (Wildman–Crippen MR) is 200 cm³/mol. The Bertz CT molecular complexity index is 2630. The van der Waals surface area contributed by atoms with Gasteiger partial charge in [-0.3, -0.25) is 0 Å². The van der Waals surface area contributed by atoms with Crippen LogP contribution in [0.2, 0.25) is 0 Å². The molecule has 0 amide bonds. The fourth-order valence-corrected chi connectivity index (χ4v) is 7.69. The van der Waals surface area contributed by atoms with Crippen LogP contribution in [0.25, 0.3) is 61.8 Å². The van der Waals surface area contributed by atoms with Gasteiger partial charge in [-0.15, -0.1) is 0 Å². The predicted octanol–water partition coefficient (Wildman–Crippen LogP) is 9.23. The number of hydrogen-bond donors (Lipinski definition) is 1. The standard InChI is InChI=1S/C44H35N3O/c1-4-5-22-41-34(31-19-11-14-23-40(31)48-41)25-42-45-37(28-15-7-6-8-16-28)27-43(46-42)47-38-21-13-10-18-30(38)33-24-32-29-17-9-12-20-35(29)44(2,3)36(32)26-39(33)47/h4-27,43H,1-3H3,(H,45,46)/b5-4-,34-25?,41-22+. The molecule has 0 radical (unpaired) electrons. The summed E-state index contributed by atoms with van der Waals surface area (Å²) < 4.78 is 8.74. The van der Waals surface area contributed by atoms with Crippen LogP contribution in [0.15, 0.2) is 143 Å². The van der Waals surface area contributed by atoms with Crippen molar-refractivity contribution < 1.29 is 4.42 Å². The van der Waals surface area contributed by atoms with E-state index < -0.39 is 0 Å². The molecular formula is C44H35N3O. The molecule has 2 aliphatic rings.